The van der Waals surface area contributed by atoms with Crippen molar-refractivity contribution in [2.24, 2.45) is 0 Å². The van der Waals surface area contributed by atoms with Crippen LogP contribution >= 0.6 is 0 Å². The molecule has 0 spiro atoms. The van der Waals surface area contributed by atoms with Crippen molar-refractivity contribution >= 4 is 23.2 Å². The highest BCUT2D eigenvalue weighted by atomic mass is 16.2. The van der Waals surface area contributed by atoms with Gasteiger partial charge in [-0.05, 0) is 44.4 Å². The minimum Gasteiger partial charge on any atom is -0.374 e. The van der Waals surface area contributed by atoms with Crippen molar-refractivity contribution in [3.05, 3.63) is 24.3 Å². The van der Waals surface area contributed by atoms with Crippen molar-refractivity contribution in [3.63, 3.8) is 0 Å². The van der Waals surface area contributed by atoms with Crippen molar-refractivity contribution < 1.29 is 9.59 Å². The van der Waals surface area contributed by atoms with Gasteiger partial charge < -0.3 is 15.1 Å². The fourth-order valence-electron chi connectivity index (χ4n) is 3.21. The van der Waals surface area contributed by atoms with Crippen LogP contribution in [0.15, 0.2) is 24.3 Å². The van der Waals surface area contributed by atoms with E-state index in [2.05, 4.69) is 5.32 Å². The molecule has 2 saturated heterocycles. The van der Waals surface area contributed by atoms with Gasteiger partial charge in [-0.1, -0.05) is 6.07 Å². The minimum atomic E-state index is -0.248. The summed E-state index contributed by atoms with van der Waals surface area (Å²) in [5.41, 5.74) is 1.80. The van der Waals surface area contributed by atoms with Gasteiger partial charge in [-0.3, -0.25) is 9.59 Å². The van der Waals surface area contributed by atoms with E-state index >= 15 is 0 Å². The Kier molecular flexibility index (Phi) is 4.32. The molecule has 1 N–H and O–H groups in total. The van der Waals surface area contributed by atoms with Crippen molar-refractivity contribution in [2.75, 3.05) is 29.9 Å². The van der Waals surface area contributed by atoms with Crippen LogP contribution in [0.3, 0.4) is 0 Å². The van der Waals surface area contributed by atoms with Gasteiger partial charge in [0, 0.05) is 37.4 Å². The summed E-state index contributed by atoms with van der Waals surface area (Å²) in [6.45, 7) is 4.42. The summed E-state index contributed by atoms with van der Waals surface area (Å²) < 4.78 is 0. The Morgan fingerprint density at radius 3 is 2.64 bits per heavy atom. The first-order valence-electron chi connectivity index (χ1n) is 8.11. The van der Waals surface area contributed by atoms with Crippen LogP contribution in [0.2, 0.25) is 0 Å². The summed E-state index contributed by atoms with van der Waals surface area (Å²) in [5, 5.41) is 3.27. The third-order valence-electron chi connectivity index (χ3n) is 4.40. The van der Waals surface area contributed by atoms with Gasteiger partial charge in [-0.15, -0.1) is 0 Å². The quantitative estimate of drug-likeness (QED) is 0.928. The summed E-state index contributed by atoms with van der Waals surface area (Å²) >= 11 is 0. The number of rotatable bonds is 4. The SMILES string of the molecule is CC(Nc1cccc(N2CCCC2=O)c1)C(=O)N1CCCC1. The standard InChI is InChI=1S/C17H23N3O2/c1-13(17(22)19-9-2-3-10-19)18-14-6-4-7-15(12-14)20-11-5-8-16(20)21/h4,6-7,12-13,18H,2-3,5,8-11H2,1H3. The largest absolute Gasteiger partial charge is 0.374 e. The van der Waals surface area contributed by atoms with Gasteiger partial charge in [0.25, 0.3) is 0 Å². The maximum atomic E-state index is 12.3. The van der Waals surface area contributed by atoms with Crippen LogP contribution in [-0.2, 0) is 9.59 Å². The van der Waals surface area contributed by atoms with Crippen LogP contribution in [0.4, 0.5) is 11.4 Å². The first-order valence-corrected chi connectivity index (χ1v) is 8.11. The predicted molar refractivity (Wildman–Crippen MR) is 86.9 cm³/mol. The molecule has 5 heteroatoms. The zero-order valence-corrected chi connectivity index (χ0v) is 13.0. The Labute approximate surface area is 131 Å². The van der Waals surface area contributed by atoms with Crippen LogP contribution in [0.1, 0.15) is 32.6 Å². The zero-order valence-electron chi connectivity index (χ0n) is 13.0. The van der Waals surface area contributed by atoms with E-state index in [0.717, 1.165) is 50.3 Å². The second kappa shape index (κ2) is 6.38. The number of hydrogen-bond acceptors (Lipinski definition) is 3. The van der Waals surface area contributed by atoms with Crippen LogP contribution in [-0.4, -0.2) is 42.4 Å². The molecule has 0 radical (unpaired) electrons. The highest BCUT2D eigenvalue weighted by molar-refractivity contribution is 5.95. The third kappa shape index (κ3) is 3.08. The Hall–Kier alpha value is -2.04. The number of carbonyl (C=O) groups is 2. The van der Waals surface area contributed by atoms with Crippen molar-refractivity contribution in [2.45, 2.75) is 38.6 Å². The second-order valence-corrected chi connectivity index (χ2v) is 6.10. The molecule has 2 amide bonds. The van der Waals surface area contributed by atoms with Gasteiger partial charge >= 0.3 is 0 Å². The number of benzene rings is 1. The van der Waals surface area contributed by atoms with Crippen molar-refractivity contribution in [1.29, 1.82) is 0 Å². The lowest BCUT2D eigenvalue weighted by Gasteiger charge is -2.23. The highest BCUT2D eigenvalue weighted by Crippen LogP contribution is 2.24. The molecule has 1 aromatic rings. The lowest BCUT2D eigenvalue weighted by molar-refractivity contribution is -0.130. The minimum absolute atomic E-state index is 0.153. The van der Waals surface area contributed by atoms with E-state index in [0.29, 0.717) is 6.42 Å². The molecule has 2 fully saturated rings. The molecule has 0 aromatic heterocycles. The van der Waals surface area contributed by atoms with E-state index in [1.54, 1.807) is 0 Å². The zero-order chi connectivity index (χ0) is 15.5. The Morgan fingerprint density at radius 2 is 1.95 bits per heavy atom. The maximum Gasteiger partial charge on any atom is 0.244 e. The van der Waals surface area contributed by atoms with Gasteiger partial charge in [0.15, 0.2) is 0 Å². The first-order chi connectivity index (χ1) is 10.6. The molecule has 1 atom stereocenters. The summed E-state index contributed by atoms with van der Waals surface area (Å²) in [7, 11) is 0. The number of nitrogens with zero attached hydrogens (tertiary/aromatic N) is 2. The van der Waals surface area contributed by atoms with Crippen molar-refractivity contribution in [3.8, 4) is 0 Å². The van der Waals surface area contributed by atoms with Crippen LogP contribution in [0, 0.1) is 0 Å². The molecule has 2 aliphatic heterocycles. The normalized spacial score (nSPS) is 19.6. The molecule has 2 aliphatic rings. The van der Waals surface area contributed by atoms with E-state index in [1.165, 1.54) is 0 Å². The molecule has 22 heavy (non-hydrogen) atoms. The molecule has 1 aromatic carbocycles. The Morgan fingerprint density at radius 1 is 1.18 bits per heavy atom. The molecule has 5 nitrogen and oxygen atoms in total. The molecular weight excluding hydrogens is 278 g/mol. The lowest BCUT2D eigenvalue weighted by Crippen LogP contribution is -2.39. The van der Waals surface area contributed by atoms with Gasteiger partial charge in [0.05, 0.1) is 0 Å². The number of amides is 2. The van der Waals surface area contributed by atoms with Crippen molar-refractivity contribution in [1.82, 2.24) is 4.90 Å². The van der Waals surface area contributed by atoms with Crippen LogP contribution in [0.25, 0.3) is 0 Å². The summed E-state index contributed by atoms with van der Waals surface area (Å²) in [6, 6.07) is 7.52. The van der Waals surface area contributed by atoms with Crippen LogP contribution < -0.4 is 10.2 Å². The van der Waals surface area contributed by atoms with E-state index in [-0.39, 0.29) is 17.9 Å². The summed E-state index contributed by atoms with van der Waals surface area (Å²) in [4.78, 5) is 27.9. The van der Waals surface area contributed by atoms with E-state index in [9.17, 15) is 9.59 Å². The number of anilines is 2. The third-order valence-corrected chi connectivity index (χ3v) is 4.40. The van der Waals surface area contributed by atoms with Gasteiger partial charge in [-0.25, -0.2) is 0 Å². The number of likely N-dealkylation sites (tertiary alicyclic amines) is 1. The van der Waals surface area contributed by atoms with Gasteiger partial charge in [-0.2, -0.15) is 0 Å². The second-order valence-electron chi connectivity index (χ2n) is 6.10. The Bertz CT molecular complexity index is 567. The van der Waals surface area contributed by atoms with Crippen LogP contribution in [0.5, 0.6) is 0 Å². The average Bonchev–Trinajstić information content (AvgIpc) is 3.18. The molecular formula is C17H23N3O2. The maximum absolute atomic E-state index is 12.3. The smallest absolute Gasteiger partial charge is 0.244 e. The lowest BCUT2D eigenvalue weighted by atomic mass is 10.2. The fraction of sp³-hybridized carbons (Fsp3) is 0.529. The molecule has 0 aliphatic carbocycles. The van der Waals surface area contributed by atoms with E-state index < -0.39 is 0 Å². The van der Waals surface area contributed by atoms with E-state index in [1.807, 2.05) is 41.0 Å². The highest BCUT2D eigenvalue weighted by Gasteiger charge is 2.24. The number of nitrogens with one attached hydrogen (secondary N) is 1. The summed E-state index contributed by atoms with van der Waals surface area (Å²) in [5.74, 6) is 0.332. The topological polar surface area (TPSA) is 52.7 Å². The van der Waals surface area contributed by atoms with Gasteiger partial charge in [0.2, 0.25) is 11.8 Å². The fourth-order valence-corrected chi connectivity index (χ4v) is 3.21. The monoisotopic (exact) mass is 301 g/mol. The molecule has 1 unspecified atom stereocenters. The molecule has 0 saturated carbocycles. The van der Waals surface area contributed by atoms with Gasteiger partial charge in [0.1, 0.15) is 6.04 Å². The predicted octanol–water partition coefficient (Wildman–Crippen LogP) is 2.24. The molecule has 0 bridgehead atoms. The first kappa shape index (κ1) is 14.9. The number of hydrogen-bond donors (Lipinski definition) is 1. The van der Waals surface area contributed by atoms with E-state index in [4.69, 9.17) is 0 Å². The Balaban J connectivity index is 1.67. The average molecular weight is 301 g/mol. The molecule has 3 rings (SSSR count). The molecule has 118 valence electrons. The summed E-state index contributed by atoms with van der Waals surface area (Å²) in [6.07, 6.45) is 3.75. The number of carbonyl (C=O) groups excluding carboxylic acids is 2. The molecule has 2 heterocycles.